The topological polar surface area (TPSA) is 86.1 Å². The molecule has 138 valence electrons. The first-order valence-electron chi connectivity index (χ1n) is 8.60. The Labute approximate surface area is 158 Å². The van der Waals surface area contributed by atoms with Crippen LogP contribution in [0.3, 0.4) is 0 Å². The molecule has 0 radical (unpaired) electrons. The van der Waals surface area contributed by atoms with Crippen molar-refractivity contribution in [1.82, 2.24) is 9.78 Å². The zero-order chi connectivity index (χ0) is 19.4. The van der Waals surface area contributed by atoms with E-state index < -0.39 is 0 Å². The summed E-state index contributed by atoms with van der Waals surface area (Å²) in [5.74, 6) is 1.33. The third kappa shape index (κ3) is 4.04. The van der Waals surface area contributed by atoms with Gasteiger partial charge in [0, 0.05) is 0 Å². The van der Waals surface area contributed by atoms with Gasteiger partial charge in [-0.25, -0.2) is 4.68 Å². The Bertz CT molecular complexity index is 985. The number of ether oxygens (including phenoxy) is 2. The van der Waals surface area contributed by atoms with Crippen LogP contribution in [-0.2, 0) is 13.2 Å². The summed E-state index contributed by atoms with van der Waals surface area (Å²) < 4.78 is 12.6. The van der Waals surface area contributed by atoms with E-state index in [1.165, 1.54) is 0 Å². The van der Waals surface area contributed by atoms with Gasteiger partial charge in [-0.15, -0.1) is 5.10 Å². The minimum atomic E-state index is 0.254. The number of aromatic nitrogens is 2. The number of methoxy groups -OCH3 is 1. The summed E-state index contributed by atoms with van der Waals surface area (Å²) in [5, 5.41) is 13.9. The van der Waals surface area contributed by atoms with Gasteiger partial charge >= 0.3 is 0 Å². The second-order valence-corrected chi connectivity index (χ2v) is 6.40. The van der Waals surface area contributed by atoms with Crippen LogP contribution in [0, 0.1) is 25.2 Å². The van der Waals surface area contributed by atoms with Gasteiger partial charge in [-0.1, -0.05) is 35.9 Å². The van der Waals surface area contributed by atoms with Crippen LogP contribution in [0.5, 0.6) is 11.6 Å². The second-order valence-electron chi connectivity index (χ2n) is 6.40. The number of benzene rings is 2. The third-order valence-electron chi connectivity index (χ3n) is 4.43. The summed E-state index contributed by atoms with van der Waals surface area (Å²) in [6.45, 7) is 4.84. The average Bonchev–Trinajstić information content (AvgIpc) is 2.97. The molecule has 0 saturated carbocycles. The van der Waals surface area contributed by atoms with E-state index in [-0.39, 0.29) is 11.4 Å². The highest BCUT2D eigenvalue weighted by Gasteiger charge is 2.17. The van der Waals surface area contributed by atoms with Crippen molar-refractivity contribution < 1.29 is 9.47 Å². The minimum absolute atomic E-state index is 0.254. The summed E-state index contributed by atoms with van der Waals surface area (Å²) in [7, 11) is 1.62. The molecule has 27 heavy (non-hydrogen) atoms. The first kappa shape index (κ1) is 18.3. The molecule has 6 nitrogen and oxygen atoms in total. The van der Waals surface area contributed by atoms with Gasteiger partial charge in [0.15, 0.2) is 5.56 Å². The number of nitrogen functional groups attached to an aromatic ring is 1. The fraction of sp³-hybridized carbons (Fsp3) is 0.238. The molecule has 0 bridgehead atoms. The zero-order valence-corrected chi connectivity index (χ0v) is 15.7. The van der Waals surface area contributed by atoms with Crippen molar-refractivity contribution in [3.8, 4) is 17.7 Å². The Morgan fingerprint density at radius 3 is 2.56 bits per heavy atom. The van der Waals surface area contributed by atoms with Crippen LogP contribution in [0.2, 0.25) is 0 Å². The summed E-state index contributed by atoms with van der Waals surface area (Å²) in [5.41, 5.74) is 10.7. The van der Waals surface area contributed by atoms with Gasteiger partial charge in [0.1, 0.15) is 24.2 Å². The fourth-order valence-electron chi connectivity index (χ4n) is 2.78. The number of hydrogen-bond donors (Lipinski definition) is 1. The minimum Gasteiger partial charge on any atom is -0.497 e. The molecule has 1 heterocycles. The molecule has 0 aliphatic carbocycles. The Balaban J connectivity index is 1.80. The first-order valence-corrected chi connectivity index (χ1v) is 8.60. The lowest BCUT2D eigenvalue weighted by molar-refractivity contribution is 0.288. The maximum Gasteiger partial charge on any atom is 0.253 e. The largest absolute Gasteiger partial charge is 0.497 e. The van der Waals surface area contributed by atoms with E-state index in [1.807, 2.05) is 38.1 Å². The van der Waals surface area contributed by atoms with Gasteiger partial charge in [-0.2, -0.15) is 5.26 Å². The van der Waals surface area contributed by atoms with Gasteiger partial charge in [0.05, 0.1) is 13.7 Å². The highest BCUT2D eigenvalue weighted by molar-refractivity contribution is 5.55. The standard InChI is InChI=1S/C21H22N4O2/c1-14-4-5-15(2)17(10-14)13-27-21-19(11-22)20(23)25(24-21)12-16-6-8-18(26-3)9-7-16/h4-10H,12-13,23H2,1-3H3. The molecule has 0 aliphatic rings. The summed E-state index contributed by atoms with van der Waals surface area (Å²) in [4.78, 5) is 0. The van der Waals surface area contributed by atoms with Gasteiger partial charge in [0.2, 0.25) is 0 Å². The summed E-state index contributed by atoms with van der Waals surface area (Å²) in [6, 6.07) is 15.9. The third-order valence-corrected chi connectivity index (χ3v) is 4.43. The summed E-state index contributed by atoms with van der Waals surface area (Å²) >= 11 is 0. The molecular formula is C21H22N4O2. The quantitative estimate of drug-likeness (QED) is 0.724. The van der Waals surface area contributed by atoms with E-state index in [1.54, 1.807) is 11.8 Å². The monoisotopic (exact) mass is 362 g/mol. The van der Waals surface area contributed by atoms with Crippen LogP contribution in [0.4, 0.5) is 5.82 Å². The molecule has 2 N–H and O–H groups in total. The Hall–Kier alpha value is -3.46. The van der Waals surface area contributed by atoms with Crippen molar-refractivity contribution in [2.24, 2.45) is 0 Å². The van der Waals surface area contributed by atoms with Gasteiger partial charge < -0.3 is 15.2 Å². The van der Waals surface area contributed by atoms with Crippen LogP contribution < -0.4 is 15.2 Å². The van der Waals surface area contributed by atoms with Crippen LogP contribution in [0.15, 0.2) is 42.5 Å². The van der Waals surface area contributed by atoms with Crippen LogP contribution >= 0.6 is 0 Å². The number of nitriles is 1. The normalized spacial score (nSPS) is 10.4. The van der Waals surface area contributed by atoms with Gasteiger partial charge in [-0.3, -0.25) is 0 Å². The Morgan fingerprint density at radius 2 is 1.89 bits per heavy atom. The highest BCUT2D eigenvalue weighted by Crippen LogP contribution is 2.25. The number of rotatable bonds is 6. The lowest BCUT2D eigenvalue weighted by Gasteiger charge is -2.08. The number of nitrogens with zero attached hydrogens (tertiary/aromatic N) is 3. The molecule has 1 aromatic heterocycles. The number of aryl methyl sites for hydroxylation is 2. The number of hydrogen-bond acceptors (Lipinski definition) is 5. The number of nitrogens with two attached hydrogens (primary N) is 1. The van der Waals surface area contributed by atoms with Crippen molar-refractivity contribution >= 4 is 5.82 Å². The SMILES string of the molecule is COc1ccc(Cn2nc(OCc3cc(C)ccc3C)c(C#N)c2N)cc1. The highest BCUT2D eigenvalue weighted by atomic mass is 16.5. The lowest BCUT2D eigenvalue weighted by atomic mass is 10.1. The predicted octanol–water partition coefficient (Wildman–Crippen LogP) is 3.59. The van der Waals surface area contributed by atoms with E-state index in [2.05, 4.69) is 29.4 Å². The van der Waals surface area contributed by atoms with E-state index in [4.69, 9.17) is 15.2 Å². The van der Waals surface area contributed by atoms with Gasteiger partial charge in [-0.05, 0) is 42.7 Å². The van der Waals surface area contributed by atoms with Crippen molar-refractivity contribution in [2.75, 3.05) is 12.8 Å². The van der Waals surface area contributed by atoms with Crippen molar-refractivity contribution in [2.45, 2.75) is 27.0 Å². The summed E-state index contributed by atoms with van der Waals surface area (Å²) in [6.07, 6.45) is 0. The molecule has 0 amide bonds. The first-order chi connectivity index (χ1) is 13.0. The van der Waals surface area contributed by atoms with Crippen LogP contribution in [-0.4, -0.2) is 16.9 Å². The van der Waals surface area contributed by atoms with E-state index in [9.17, 15) is 5.26 Å². The van der Waals surface area contributed by atoms with Crippen LogP contribution in [0.1, 0.15) is 27.8 Å². The molecule has 0 spiro atoms. The molecule has 0 saturated heterocycles. The maximum absolute atomic E-state index is 9.46. The molecule has 6 heteroatoms. The smallest absolute Gasteiger partial charge is 0.253 e. The molecule has 0 aliphatic heterocycles. The second kappa shape index (κ2) is 7.83. The van der Waals surface area contributed by atoms with Crippen molar-refractivity contribution in [1.29, 1.82) is 5.26 Å². The van der Waals surface area contributed by atoms with E-state index >= 15 is 0 Å². The predicted molar refractivity (Wildman–Crippen MR) is 104 cm³/mol. The average molecular weight is 362 g/mol. The van der Waals surface area contributed by atoms with E-state index in [0.29, 0.717) is 19.0 Å². The maximum atomic E-state index is 9.46. The Kier molecular flexibility index (Phi) is 5.32. The molecule has 3 aromatic rings. The van der Waals surface area contributed by atoms with Gasteiger partial charge in [0.25, 0.3) is 5.88 Å². The molecule has 3 rings (SSSR count). The molecular weight excluding hydrogens is 340 g/mol. The molecule has 2 aromatic carbocycles. The van der Waals surface area contributed by atoms with Crippen LogP contribution in [0.25, 0.3) is 0 Å². The number of anilines is 1. The molecule has 0 unspecified atom stereocenters. The Morgan fingerprint density at radius 1 is 1.15 bits per heavy atom. The zero-order valence-electron chi connectivity index (χ0n) is 15.7. The lowest BCUT2D eigenvalue weighted by Crippen LogP contribution is -2.06. The van der Waals surface area contributed by atoms with E-state index in [0.717, 1.165) is 28.0 Å². The fourth-order valence-corrected chi connectivity index (χ4v) is 2.78. The molecule has 0 atom stereocenters. The van der Waals surface area contributed by atoms with Crippen molar-refractivity contribution in [3.05, 3.63) is 70.3 Å². The van der Waals surface area contributed by atoms with Crippen molar-refractivity contribution in [3.63, 3.8) is 0 Å². The molecule has 0 fully saturated rings.